The number of hydrogen-bond acceptors (Lipinski definition) is 4. The van der Waals surface area contributed by atoms with Crippen molar-refractivity contribution in [3.8, 4) is 0 Å². The van der Waals surface area contributed by atoms with E-state index >= 15 is 0 Å². The van der Waals surface area contributed by atoms with E-state index in [-0.39, 0.29) is 0 Å². The molecule has 0 atom stereocenters. The number of aryl methyl sites for hydroxylation is 4. The van der Waals surface area contributed by atoms with Crippen LogP contribution >= 0.6 is 0 Å². The molecule has 0 saturated carbocycles. The molecule has 3 aliphatic rings. The molecule has 0 amide bonds. The van der Waals surface area contributed by atoms with Gasteiger partial charge in [-0.05, 0) is 148 Å². The van der Waals surface area contributed by atoms with Crippen molar-refractivity contribution in [3.05, 3.63) is 67.8 Å². The average Bonchev–Trinajstić information content (AvgIpc) is 2.92. The summed E-state index contributed by atoms with van der Waals surface area (Å²) in [5.74, 6) is 0. The van der Waals surface area contributed by atoms with Crippen LogP contribution in [0.5, 0.6) is 0 Å². The van der Waals surface area contributed by atoms with Gasteiger partial charge in [-0.1, -0.05) is 12.1 Å². The lowest BCUT2D eigenvalue weighted by molar-refractivity contribution is 0.0374. The fourth-order valence-corrected chi connectivity index (χ4v) is 7.10. The highest BCUT2D eigenvalue weighted by Crippen LogP contribution is 2.33. The van der Waals surface area contributed by atoms with Gasteiger partial charge < -0.3 is 9.47 Å². The van der Waals surface area contributed by atoms with E-state index in [9.17, 15) is 0 Å². The molecule has 2 heterocycles. The molecule has 5 rings (SSSR count). The normalized spacial score (nSPS) is 19.1. The third kappa shape index (κ3) is 6.53. The van der Waals surface area contributed by atoms with Crippen LogP contribution in [-0.4, -0.2) is 75.5 Å². The molecule has 2 aromatic carbocycles. The predicted molar refractivity (Wildman–Crippen MR) is 158 cm³/mol. The first-order valence-electron chi connectivity index (χ1n) is 15.3. The highest BCUT2D eigenvalue weighted by Gasteiger charge is 2.21. The Labute approximate surface area is 231 Å². The van der Waals surface area contributed by atoms with Gasteiger partial charge in [0.15, 0.2) is 0 Å². The zero-order valence-corrected chi connectivity index (χ0v) is 24.6. The Morgan fingerprint density at radius 3 is 1.37 bits per heavy atom. The molecule has 0 radical (unpaired) electrons. The van der Waals surface area contributed by atoms with Gasteiger partial charge in [0.2, 0.25) is 0 Å². The molecule has 0 unspecified atom stereocenters. The van der Waals surface area contributed by atoms with E-state index in [0.29, 0.717) is 0 Å². The van der Waals surface area contributed by atoms with Crippen molar-refractivity contribution in [2.45, 2.75) is 79.1 Å². The monoisotopic (exact) mass is 518 g/mol. The molecule has 0 bridgehead atoms. The Balaban J connectivity index is 1.32. The third-order valence-corrected chi connectivity index (χ3v) is 9.67. The number of hydrogen-bond donors (Lipinski definition) is 0. The maximum Gasteiger partial charge on any atom is 0.0594 e. The highest BCUT2D eigenvalue weighted by molar-refractivity contribution is 5.50. The first-order chi connectivity index (χ1) is 18.5. The van der Waals surface area contributed by atoms with Gasteiger partial charge in [0.05, 0.1) is 26.4 Å². The molecule has 2 saturated heterocycles. The van der Waals surface area contributed by atoms with Gasteiger partial charge in [0.1, 0.15) is 0 Å². The molecule has 38 heavy (non-hydrogen) atoms. The van der Waals surface area contributed by atoms with E-state index in [1.807, 2.05) is 0 Å². The summed E-state index contributed by atoms with van der Waals surface area (Å²) < 4.78 is 11.1. The Morgan fingerprint density at radius 1 is 0.579 bits per heavy atom. The standard InChI is InChI=1S/C34H50N2O2/c1-25-23-29-9-11-34-30(24-26(2)28(4)32(34)8-6-14-36-17-21-38-22-18-36)10-12-33(29)31(27(25)3)7-5-13-35-15-19-37-20-16-35/h23-24H,5-22H2,1-4H3. The van der Waals surface area contributed by atoms with Crippen LogP contribution in [0.4, 0.5) is 0 Å². The largest absolute Gasteiger partial charge is 0.379 e. The molecule has 4 nitrogen and oxygen atoms in total. The van der Waals surface area contributed by atoms with Crippen LogP contribution in [-0.2, 0) is 48.0 Å². The summed E-state index contributed by atoms with van der Waals surface area (Å²) in [5.41, 5.74) is 16.0. The van der Waals surface area contributed by atoms with Crippen LogP contribution < -0.4 is 0 Å². The van der Waals surface area contributed by atoms with E-state index < -0.39 is 0 Å². The van der Waals surface area contributed by atoms with E-state index in [1.54, 1.807) is 33.4 Å². The zero-order valence-electron chi connectivity index (χ0n) is 24.6. The van der Waals surface area contributed by atoms with E-state index in [1.165, 1.54) is 86.7 Å². The minimum Gasteiger partial charge on any atom is -0.379 e. The van der Waals surface area contributed by atoms with E-state index in [2.05, 4.69) is 49.6 Å². The topological polar surface area (TPSA) is 24.9 Å². The minimum absolute atomic E-state index is 0.895. The smallest absolute Gasteiger partial charge is 0.0594 e. The Hall–Kier alpha value is -1.72. The van der Waals surface area contributed by atoms with E-state index in [4.69, 9.17) is 9.47 Å². The quantitative estimate of drug-likeness (QED) is 0.471. The van der Waals surface area contributed by atoms with Gasteiger partial charge in [-0.15, -0.1) is 0 Å². The second-order valence-electron chi connectivity index (χ2n) is 12.0. The molecule has 1 aliphatic carbocycles. The van der Waals surface area contributed by atoms with E-state index in [0.717, 1.165) is 52.6 Å². The Bertz CT molecular complexity index is 1010. The van der Waals surface area contributed by atoms with Crippen molar-refractivity contribution in [2.75, 3.05) is 65.7 Å². The molecule has 0 aromatic heterocycles. The number of fused-ring (bicyclic) bond motifs is 2. The summed E-state index contributed by atoms with van der Waals surface area (Å²) in [4.78, 5) is 5.17. The Morgan fingerprint density at radius 2 is 0.974 bits per heavy atom. The van der Waals surface area contributed by atoms with Gasteiger partial charge in [-0.2, -0.15) is 0 Å². The molecule has 0 N–H and O–H groups in total. The molecule has 208 valence electrons. The predicted octanol–water partition coefficient (Wildman–Crippen LogP) is 5.33. The van der Waals surface area contributed by atoms with Crippen LogP contribution in [0.3, 0.4) is 0 Å². The first kappa shape index (κ1) is 27.8. The third-order valence-electron chi connectivity index (χ3n) is 9.67. The van der Waals surface area contributed by atoms with Gasteiger partial charge in [0, 0.05) is 26.2 Å². The molecular formula is C34H50N2O2. The molecule has 2 aromatic rings. The summed E-state index contributed by atoms with van der Waals surface area (Å²) in [6, 6.07) is 5.06. The van der Waals surface area contributed by atoms with Gasteiger partial charge in [-0.3, -0.25) is 9.80 Å². The number of morpholine rings is 2. The van der Waals surface area contributed by atoms with Crippen LogP contribution in [0, 0.1) is 27.7 Å². The van der Waals surface area contributed by atoms with Gasteiger partial charge in [0.25, 0.3) is 0 Å². The van der Waals surface area contributed by atoms with Crippen molar-refractivity contribution in [1.82, 2.24) is 9.80 Å². The maximum absolute atomic E-state index is 5.55. The summed E-state index contributed by atoms with van der Waals surface area (Å²) in [6.45, 7) is 19.7. The van der Waals surface area contributed by atoms with Crippen molar-refractivity contribution in [3.63, 3.8) is 0 Å². The molecule has 0 spiro atoms. The maximum atomic E-state index is 5.55. The summed E-state index contributed by atoms with van der Waals surface area (Å²) in [7, 11) is 0. The van der Waals surface area contributed by atoms with Crippen molar-refractivity contribution < 1.29 is 9.47 Å². The van der Waals surface area contributed by atoms with Gasteiger partial charge >= 0.3 is 0 Å². The molecule has 4 heteroatoms. The van der Waals surface area contributed by atoms with Crippen LogP contribution in [0.1, 0.15) is 68.5 Å². The lowest BCUT2D eigenvalue weighted by atomic mass is 9.79. The molecule has 2 aliphatic heterocycles. The van der Waals surface area contributed by atoms with Crippen LogP contribution in [0.25, 0.3) is 0 Å². The highest BCUT2D eigenvalue weighted by atomic mass is 16.5. The fraction of sp³-hybridized carbons (Fsp3) is 0.647. The molecular weight excluding hydrogens is 468 g/mol. The summed E-state index contributed by atoms with van der Waals surface area (Å²) >= 11 is 0. The second-order valence-corrected chi connectivity index (χ2v) is 12.0. The number of benzene rings is 2. The van der Waals surface area contributed by atoms with Crippen molar-refractivity contribution in [2.24, 2.45) is 0 Å². The fourth-order valence-electron chi connectivity index (χ4n) is 7.10. The zero-order chi connectivity index (χ0) is 26.5. The summed E-state index contributed by atoms with van der Waals surface area (Å²) in [6.07, 6.45) is 9.65. The van der Waals surface area contributed by atoms with Crippen molar-refractivity contribution in [1.29, 1.82) is 0 Å². The lowest BCUT2D eigenvalue weighted by Gasteiger charge is -2.28. The van der Waals surface area contributed by atoms with Crippen LogP contribution in [0.2, 0.25) is 0 Å². The first-order valence-corrected chi connectivity index (χ1v) is 15.3. The number of nitrogens with zero attached hydrogens (tertiary/aromatic N) is 2. The molecule has 2 fully saturated rings. The number of ether oxygens (including phenoxy) is 2. The van der Waals surface area contributed by atoms with Gasteiger partial charge in [-0.25, -0.2) is 0 Å². The minimum atomic E-state index is 0.895. The SMILES string of the molecule is Cc1cc2c(c(CCCN3CCOCC3)c1C)CCc1cc(C)c(C)c(CCCN3CCOCC3)c1CC2. The van der Waals surface area contributed by atoms with Crippen molar-refractivity contribution >= 4 is 0 Å². The lowest BCUT2D eigenvalue weighted by Crippen LogP contribution is -2.37. The number of rotatable bonds is 8. The summed E-state index contributed by atoms with van der Waals surface area (Å²) in [5, 5.41) is 0. The average molecular weight is 519 g/mol. The Kier molecular flexibility index (Phi) is 9.59. The second kappa shape index (κ2) is 13.1. The van der Waals surface area contributed by atoms with Crippen LogP contribution in [0.15, 0.2) is 12.1 Å².